The number of isocyanates is 1. The number of benzene rings is 1. The third-order valence-corrected chi connectivity index (χ3v) is 1.90. The van der Waals surface area contributed by atoms with E-state index in [9.17, 15) is 4.79 Å². The Hall–Kier alpha value is -1.66. The maximum atomic E-state index is 9.88. The van der Waals surface area contributed by atoms with E-state index in [0.717, 1.165) is 12.0 Å². The van der Waals surface area contributed by atoms with Crippen LogP contribution in [0.5, 0.6) is 0 Å². The highest BCUT2D eigenvalue weighted by Gasteiger charge is 1.96. The lowest BCUT2D eigenvalue weighted by Crippen LogP contribution is -1.93. The van der Waals surface area contributed by atoms with Crippen LogP contribution in [0.15, 0.2) is 41.4 Å². The van der Waals surface area contributed by atoms with Crippen LogP contribution >= 0.6 is 0 Å². The molecule has 0 atom stereocenters. The molecule has 0 saturated carbocycles. The summed E-state index contributed by atoms with van der Waals surface area (Å²) in [6, 6.07) is 8.22. The fraction of sp³-hybridized carbons (Fsp3) is 0.250. The molecule has 0 unspecified atom stereocenters. The molecule has 0 aliphatic heterocycles. The van der Waals surface area contributed by atoms with Crippen molar-refractivity contribution in [3.63, 3.8) is 0 Å². The molecular formula is C12H13NO. The Bertz CT molecular complexity index is 376. The Morgan fingerprint density at radius 3 is 3.00 bits per heavy atom. The van der Waals surface area contributed by atoms with E-state index < -0.39 is 0 Å². The van der Waals surface area contributed by atoms with Gasteiger partial charge >= 0.3 is 0 Å². The second-order valence-corrected chi connectivity index (χ2v) is 3.32. The second-order valence-electron chi connectivity index (χ2n) is 3.32. The molecule has 0 aliphatic carbocycles. The molecule has 14 heavy (non-hydrogen) atoms. The molecule has 1 aromatic carbocycles. The molecule has 0 bridgehead atoms. The maximum absolute atomic E-state index is 9.88. The van der Waals surface area contributed by atoms with Crippen LogP contribution in [0.2, 0.25) is 0 Å². The Balaban J connectivity index is 2.60. The van der Waals surface area contributed by atoms with Crippen molar-refractivity contribution in [3.05, 3.63) is 47.5 Å². The third kappa shape index (κ3) is 3.38. The maximum Gasteiger partial charge on any atom is 0.235 e. The van der Waals surface area contributed by atoms with Crippen molar-refractivity contribution in [2.75, 3.05) is 6.54 Å². The zero-order valence-corrected chi connectivity index (χ0v) is 8.29. The minimum atomic E-state index is 0.372. The van der Waals surface area contributed by atoms with Gasteiger partial charge in [0.05, 0.1) is 6.54 Å². The fourth-order valence-electron chi connectivity index (χ4n) is 1.31. The summed E-state index contributed by atoms with van der Waals surface area (Å²) < 4.78 is 0. The first kappa shape index (κ1) is 10.4. The Labute approximate surface area is 84.0 Å². The van der Waals surface area contributed by atoms with Gasteiger partial charge in [-0.3, -0.25) is 0 Å². The van der Waals surface area contributed by atoms with Gasteiger partial charge in [0.25, 0.3) is 0 Å². The fourth-order valence-corrected chi connectivity index (χ4v) is 1.31. The highest BCUT2D eigenvalue weighted by atomic mass is 16.1. The van der Waals surface area contributed by atoms with E-state index in [1.165, 1.54) is 17.2 Å². The zero-order valence-electron chi connectivity index (χ0n) is 8.29. The molecule has 0 aromatic heterocycles. The van der Waals surface area contributed by atoms with Crippen molar-refractivity contribution < 1.29 is 4.79 Å². The summed E-state index contributed by atoms with van der Waals surface area (Å²) in [5.41, 5.74) is 3.37. The number of carbonyl (C=O) groups excluding carboxylic acids is 1. The summed E-state index contributed by atoms with van der Waals surface area (Å²) in [7, 11) is 0. The summed E-state index contributed by atoms with van der Waals surface area (Å²) >= 11 is 0. The minimum absolute atomic E-state index is 0.372. The van der Waals surface area contributed by atoms with Crippen LogP contribution in [0.1, 0.15) is 11.1 Å². The molecule has 0 aliphatic rings. The summed E-state index contributed by atoms with van der Waals surface area (Å²) in [4.78, 5) is 13.4. The monoisotopic (exact) mass is 187 g/mol. The number of rotatable bonds is 4. The molecule has 72 valence electrons. The van der Waals surface area contributed by atoms with Gasteiger partial charge in [-0.25, -0.2) is 9.79 Å². The predicted octanol–water partition coefficient (Wildman–Crippen LogP) is 2.43. The van der Waals surface area contributed by atoms with Crippen LogP contribution < -0.4 is 0 Å². The van der Waals surface area contributed by atoms with Crippen molar-refractivity contribution in [2.24, 2.45) is 4.99 Å². The molecule has 0 fully saturated rings. The van der Waals surface area contributed by atoms with Gasteiger partial charge in [-0.2, -0.15) is 0 Å². The molecule has 1 aromatic rings. The first-order chi connectivity index (χ1) is 6.72. The Kier molecular flexibility index (Phi) is 3.84. The van der Waals surface area contributed by atoms with Crippen LogP contribution in [0.25, 0.3) is 0 Å². The molecule has 0 radical (unpaired) electrons. The van der Waals surface area contributed by atoms with Gasteiger partial charge < -0.3 is 0 Å². The Morgan fingerprint density at radius 1 is 1.57 bits per heavy atom. The predicted molar refractivity (Wildman–Crippen MR) is 57.0 cm³/mol. The SMILES string of the molecule is C=C(CN=C=O)Cc1cccc(C)c1. The lowest BCUT2D eigenvalue weighted by Gasteiger charge is -2.02. The van der Waals surface area contributed by atoms with E-state index in [1.54, 1.807) is 0 Å². The topological polar surface area (TPSA) is 29.4 Å². The number of aliphatic imine (C=N–C) groups is 1. The van der Waals surface area contributed by atoms with Crippen molar-refractivity contribution in [1.29, 1.82) is 0 Å². The van der Waals surface area contributed by atoms with Crippen LogP contribution in [0.3, 0.4) is 0 Å². The van der Waals surface area contributed by atoms with E-state index in [4.69, 9.17) is 0 Å². The lowest BCUT2D eigenvalue weighted by atomic mass is 10.0. The summed E-state index contributed by atoms with van der Waals surface area (Å²) in [6.07, 6.45) is 2.28. The molecule has 0 saturated heterocycles. The number of aryl methyl sites for hydroxylation is 1. The van der Waals surface area contributed by atoms with Crippen LogP contribution in [0.4, 0.5) is 0 Å². The van der Waals surface area contributed by atoms with E-state index in [0.29, 0.717) is 6.54 Å². The first-order valence-electron chi connectivity index (χ1n) is 4.48. The summed E-state index contributed by atoms with van der Waals surface area (Å²) in [6.45, 7) is 6.27. The van der Waals surface area contributed by atoms with Crippen molar-refractivity contribution in [2.45, 2.75) is 13.3 Å². The molecule has 0 amide bonds. The summed E-state index contributed by atoms with van der Waals surface area (Å²) in [5, 5.41) is 0. The van der Waals surface area contributed by atoms with Gasteiger partial charge in [-0.05, 0) is 18.9 Å². The molecule has 2 nitrogen and oxygen atoms in total. The highest BCUT2D eigenvalue weighted by Crippen LogP contribution is 2.08. The molecular weight excluding hydrogens is 174 g/mol. The third-order valence-electron chi connectivity index (χ3n) is 1.90. The van der Waals surface area contributed by atoms with Crippen LogP contribution in [0, 0.1) is 6.92 Å². The summed E-state index contributed by atoms with van der Waals surface area (Å²) in [5.74, 6) is 0. The largest absolute Gasteiger partial charge is 0.235 e. The van der Waals surface area contributed by atoms with Crippen LogP contribution in [-0.2, 0) is 11.2 Å². The van der Waals surface area contributed by atoms with Crippen molar-refractivity contribution in [1.82, 2.24) is 0 Å². The molecule has 0 N–H and O–H groups in total. The van der Waals surface area contributed by atoms with Gasteiger partial charge in [0, 0.05) is 0 Å². The molecule has 1 rings (SSSR count). The van der Waals surface area contributed by atoms with E-state index in [2.05, 4.69) is 30.6 Å². The van der Waals surface area contributed by atoms with Crippen molar-refractivity contribution in [3.8, 4) is 0 Å². The van der Waals surface area contributed by atoms with Gasteiger partial charge in [0.15, 0.2) is 0 Å². The average molecular weight is 187 g/mol. The first-order valence-corrected chi connectivity index (χ1v) is 4.48. The standard InChI is InChI=1S/C12H13NO/c1-10-4-3-5-12(6-10)7-11(2)8-13-9-14/h3-6H,2,7-8H2,1H3. The Morgan fingerprint density at radius 2 is 2.36 bits per heavy atom. The van der Waals surface area contributed by atoms with Crippen molar-refractivity contribution >= 4 is 6.08 Å². The smallest absolute Gasteiger partial charge is 0.211 e. The van der Waals surface area contributed by atoms with Gasteiger partial charge in [-0.15, -0.1) is 0 Å². The van der Waals surface area contributed by atoms with Gasteiger partial charge in [0.1, 0.15) is 0 Å². The van der Waals surface area contributed by atoms with E-state index in [1.807, 2.05) is 12.1 Å². The molecule has 2 heteroatoms. The van der Waals surface area contributed by atoms with Gasteiger partial charge in [0.2, 0.25) is 6.08 Å². The molecule has 0 spiro atoms. The quantitative estimate of drug-likeness (QED) is 0.404. The van der Waals surface area contributed by atoms with Crippen LogP contribution in [-0.4, -0.2) is 12.6 Å². The average Bonchev–Trinajstić information content (AvgIpc) is 2.15. The van der Waals surface area contributed by atoms with Gasteiger partial charge in [-0.1, -0.05) is 42.0 Å². The zero-order chi connectivity index (χ0) is 10.4. The molecule has 0 heterocycles. The minimum Gasteiger partial charge on any atom is -0.211 e. The normalized spacial score (nSPS) is 9.21. The lowest BCUT2D eigenvalue weighted by molar-refractivity contribution is 0.563. The number of hydrogen-bond acceptors (Lipinski definition) is 2. The number of hydrogen-bond donors (Lipinski definition) is 0. The number of nitrogens with zero attached hydrogens (tertiary/aromatic N) is 1. The van der Waals surface area contributed by atoms with E-state index in [-0.39, 0.29) is 0 Å². The highest BCUT2D eigenvalue weighted by molar-refractivity contribution is 5.34. The van der Waals surface area contributed by atoms with E-state index >= 15 is 0 Å². The second kappa shape index (κ2) is 5.15.